The fourth-order valence-corrected chi connectivity index (χ4v) is 2.25. The number of nitrogens with zero attached hydrogens (tertiary/aromatic N) is 1. The first kappa shape index (κ1) is 11.0. The van der Waals surface area contributed by atoms with Crippen LogP contribution in [-0.2, 0) is 0 Å². The minimum atomic E-state index is 0.265. The highest BCUT2D eigenvalue weighted by Gasteiger charge is 2.27. The summed E-state index contributed by atoms with van der Waals surface area (Å²) in [6.07, 6.45) is 2.46. The van der Waals surface area contributed by atoms with E-state index in [0.29, 0.717) is 6.04 Å². The molecule has 2 unspecified atom stereocenters. The van der Waals surface area contributed by atoms with Gasteiger partial charge in [-0.05, 0) is 32.5 Å². The number of nitrogens with one attached hydrogen (secondary N) is 1. The van der Waals surface area contributed by atoms with Gasteiger partial charge in [-0.3, -0.25) is 4.90 Å². The van der Waals surface area contributed by atoms with E-state index in [0.717, 1.165) is 19.6 Å². The van der Waals surface area contributed by atoms with Crippen LogP contribution in [0.4, 0.5) is 0 Å². The number of piperidine rings is 1. The number of hydrogen-bond donors (Lipinski definition) is 2. The first-order valence-electron chi connectivity index (χ1n) is 5.41. The van der Waals surface area contributed by atoms with E-state index in [2.05, 4.69) is 24.1 Å². The Labute approximate surface area is 81.1 Å². The second-order valence-electron chi connectivity index (χ2n) is 3.67. The fourth-order valence-electron chi connectivity index (χ4n) is 2.25. The zero-order valence-electron chi connectivity index (χ0n) is 8.79. The van der Waals surface area contributed by atoms with Crippen molar-refractivity contribution in [2.75, 3.05) is 26.2 Å². The molecule has 2 N–H and O–H groups in total. The van der Waals surface area contributed by atoms with Crippen LogP contribution in [0.25, 0.3) is 0 Å². The van der Waals surface area contributed by atoms with Crippen LogP contribution in [0.5, 0.6) is 0 Å². The molecule has 13 heavy (non-hydrogen) atoms. The smallest absolute Gasteiger partial charge is 0.0599 e. The van der Waals surface area contributed by atoms with Crippen LogP contribution in [0.3, 0.4) is 0 Å². The zero-order valence-corrected chi connectivity index (χ0v) is 8.79. The Bertz CT molecular complexity index is 129. The van der Waals surface area contributed by atoms with Crippen molar-refractivity contribution in [1.82, 2.24) is 10.2 Å². The van der Waals surface area contributed by atoms with Gasteiger partial charge in [0, 0.05) is 12.1 Å². The van der Waals surface area contributed by atoms with E-state index in [9.17, 15) is 5.11 Å². The highest BCUT2D eigenvalue weighted by atomic mass is 16.3. The summed E-state index contributed by atoms with van der Waals surface area (Å²) in [5.41, 5.74) is 0. The van der Waals surface area contributed by atoms with E-state index in [-0.39, 0.29) is 12.6 Å². The standard InChI is InChI=1S/C10H22N2O/c1-3-12(4-2)10-6-5-7-11-9(10)8-13/h9-11,13H,3-8H2,1-2H3. The number of rotatable bonds is 4. The van der Waals surface area contributed by atoms with Crippen molar-refractivity contribution in [3.8, 4) is 0 Å². The molecule has 1 fully saturated rings. The molecule has 1 rings (SSSR count). The van der Waals surface area contributed by atoms with Gasteiger partial charge in [0.25, 0.3) is 0 Å². The molecule has 1 heterocycles. The summed E-state index contributed by atoms with van der Waals surface area (Å²) in [5.74, 6) is 0. The van der Waals surface area contributed by atoms with Gasteiger partial charge in [0.05, 0.1) is 6.61 Å². The molecule has 0 aromatic rings. The molecule has 0 amide bonds. The number of hydrogen-bond acceptors (Lipinski definition) is 3. The van der Waals surface area contributed by atoms with Gasteiger partial charge < -0.3 is 10.4 Å². The van der Waals surface area contributed by atoms with Gasteiger partial charge in [-0.25, -0.2) is 0 Å². The van der Waals surface area contributed by atoms with Gasteiger partial charge in [-0.1, -0.05) is 13.8 Å². The minimum Gasteiger partial charge on any atom is -0.395 e. The van der Waals surface area contributed by atoms with Gasteiger partial charge in [0.2, 0.25) is 0 Å². The topological polar surface area (TPSA) is 35.5 Å². The molecule has 3 heteroatoms. The lowest BCUT2D eigenvalue weighted by molar-refractivity contribution is 0.101. The SMILES string of the molecule is CCN(CC)C1CCCNC1CO. The van der Waals surface area contributed by atoms with Gasteiger partial charge in [0.15, 0.2) is 0 Å². The summed E-state index contributed by atoms with van der Waals surface area (Å²) >= 11 is 0. The molecule has 0 aliphatic carbocycles. The summed E-state index contributed by atoms with van der Waals surface area (Å²) in [5, 5.41) is 12.6. The normalized spacial score (nSPS) is 29.5. The van der Waals surface area contributed by atoms with Crippen molar-refractivity contribution in [2.45, 2.75) is 38.8 Å². The Kier molecular flexibility index (Phi) is 4.70. The van der Waals surface area contributed by atoms with Crippen LogP contribution in [0, 0.1) is 0 Å². The molecular weight excluding hydrogens is 164 g/mol. The van der Waals surface area contributed by atoms with Crippen molar-refractivity contribution in [3.63, 3.8) is 0 Å². The minimum absolute atomic E-state index is 0.265. The van der Waals surface area contributed by atoms with Crippen LogP contribution in [-0.4, -0.2) is 48.3 Å². The van der Waals surface area contributed by atoms with Crippen LogP contribution >= 0.6 is 0 Å². The second kappa shape index (κ2) is 5.58. The molecule has 0 bridgehead atoms. The fraction of sp³-hybridized carbons (Fsp3) is 1.00. The first-order chi connectivity index (χ1) is 6.33. The Balaban J connectivity index is 2.51. The number of aliphatic hydroxyl groups excluding tert-OH is 1. The Morgan fingerprint density at radius 3 is 2.62 bits per heavy atom. The zero-order chi connectivity index (χ0) is 9.68. The summed E-state index contributed by atoms with van der Waals surface area (Å²) in [7, 11) is 0. The number of aliphatic hydroxyl groups is 1. The van der Waals surface area contributed by atoms with Crippen LogP contribution in [0.15, 0.2) is 0 Å². The average Bonchev–Trinajstić information content (AvgIpc) is 2.20. The van der Waals surface area contributed by atoms with E-state index >= 15 is 0 Å². The Morgan fingerprint density at radius 2 is 2.08 bits per heavy atom. The summed E-state index contributed by atoms with van der Waals surface area (Å²) in [6, 6.07) is 0.822. The quantitative estimate of drug-likeness (QED) is 0.669. The van der Waals surface area contributed by atoms with E-state index < -0.39 is 0 Å². The largest absolute Gasteiger partial charge is 0.395 e. The predicted molar refractivity (Wildman–Crippen MR) is 54.8 cm³/mol. The molecule has 1 aliphatic heterocycles. The predicted octanol–water partition coefficient (Wildman–Crippen LogP) is 0.441. The van der Waals surface area contributed by atoms with Crippen LogP contribution < -0.4 is 5.32 Å². The lowest BCUT2D eigenvalue weighted by atomic mass is 9.97. The third-order valence-corrected chi connectivity index (χ3v) is 3.03. The van der Waals surface area contributed by atoms with Crippen molar-refractivity contribution in [3.05, 3.63) is 0 Å². The summed E-state index contributed by atoms with van der Waals surface area (Å²) in [6.45, 7) is 7.86. The molecule has 3 nitrogen and oxygen atoms in total. The summed E-state index contributed by atoms with van der Waals surface area (Å²) < 4.78 is 0. The molecule has 0 spiro atoms. The molecule has 0 radical (unpaired) electrons. The van der Waals surface area contributed by atoms with Crippen molar-refractivity contribution in [2.24, 2.45) is 0 Å². The maximum Gasteiger partial charge on any atom is 0.0599 e. The van der Waals surface area contributed by atoms with Crippen molar-refractivity contribution < 1.29 is 5.11 Å². The van der Waals surface area contributed by atoms with Gasteiger partial charge in [-0.15, -0.1) is 0 Å². The third-order valence-electron chi connectivity index (χ3n) is 3.03. The molecule has 0 aromatic heterocycles. The lowest BCUT2D eigenvalue weighted by Crippen LogP contribution is -2.55. The lowest BCUT2D eigenvalue weighted by Gasteiger charge is -2.38. The first-order valence-corrected chi connectivity index (χ1v) is 5.41. The molecule has 2 atom stereocenters. The van der Waals surface area contributed by atoms with E-state index in [1.807, 2.05) is 0 Å². The molecular formula is C10H22N2O. The third kappa shape index (κ3) is 2.66. The highest BCUT2D eigenvalue weighted by molar-refractivity contribution is 4.87. The maximum atomic E-state index is 9.21. The molecule has 0 saturated carbocycles. The molecule has 78 valence electrons. The van der Waals surface area contributed by atoms with Crippen LogP contribution in [0.1, 0.15) is 26.7 Å². The number of likely N-dealkylation sites (N-methyl/N-ethyl adjacent to an activating group) is 1. The second-order valence-corrected chi connectivity index (χ2v) is 3.67. The van der Waals surface area contributed by atoms with Gasteiger partial charge in [0.1, 0.15) is 0 Å². The average molecular weight is 186 g/mol. The van der Waals surface area contributed by atoms with Gasteiger partial charge in [-0.2, -0.15) is 0 Å². The molecule has 0 aromatic carbocycles. The molecule has 1 saturated heterocycles. The monoisotopic (exact) mass is 186 g/mol. The van der Waals surface area contributed by atoms with E-state index in [1.54, 1.807) is 0 Å². The van der Waals surface area contributed by atoms with Crippen molar-refractivity contribution >= 4 is 0 Å². The van der Waals surface area contributed by atoms with Crippen molar-refractivity contribution in [1.29, 1.82) is 0 Å². The Hall–Kier alpha value is -0.120. The van der Waals surface area contributed by atoms with Crippen LogP contribution in [0.2, 0.25) is 0 Å². The van der Waals surface area contributed by atoms with E-state index in [4.69, 9.17) is 0 Å². The maximum absolute atomic E-state index is 9.21. The highest BCUT2D eigenvalue weighted by Crippen LogP contribution is 2.15. The summed E-state index contributed by atoms with van der Waals surface area (Å²) in [4.78, 5) is 2.44. The Morgan fingerprint density at radius 1 is 1.38 bits per heavy atom. The van der Waals surface area contributed by atoms with E-state index in [1.165, 1.54) is 12.8 Å². The molecule has 1 aliphatic rings. The van der Waals surface area contributed by atoms with Gasteiger partial charge >= 0.3 is 0 Å².